The van der Waals surface area contributed by atoms with Gasteiger partial charge in [0.05, 0.1) is 12.7 Å². The summed E-state index contributed by atoms with van der Waals surface area (Å²) in [7, 11) is 1.34. The summed E-state index contributed by atoms with van der Waals surface area (Å²) < 4.78 is 4.61. The molecule has 0 unspecified atom stereocenters. The molecule has 0 fully saturated rings. The Morgan fingerprint density at radius 3 is 2.69 bits per heavy atom. The minimum Gasteiger partial charge on any atom is -0.465 e. The molecule has 1 aromatic heterocycles. The number of methoxy groups -OCH3 is 1. The zero-order chi connectivity index (χ0) is 10.0. The number of thiophene rings is 1. The third kappa shape index (κ3) is 1.58. The van der Waals surface area contributed by atoms with Gasteiger partial charge in [-0.05, 0) is 12.5 Å². The fourth-order valence-corrected chi connectivity index (χ4v) is 2.02. The molecule has 0 saturated carbocycles. The highest BCUT2D eigenvalue weighted by atomic mass is 32.1. The lowest BCUT2D eigenvalue weighted by molar-refractivity contribution is 0.0601. The molecule has 1 rings (SSSR count). The zero-order valence-corrected chi connectivity index (χ0v) is 8.40. The molecule has 0 amide bonds. The van der Waals surface area contributed by atoms with Crippen molar-refractivity contribution in [3.05, 3.63) is 22.6 Å². The molecule has 13 heavy (non-hydrogen) atoms. The van der Waals surface area contributed by atoms with Crippen LogP contribution in [0.4, 0.5) is 5.00 Å². The van der Waals surface area contributed by atoms with Crippen LogP contribution in [-0.2, 0) is 4.74 Å². The summed E-state index contributed by atoms with van der Waals surface area (Å²) >= 11 is 1.34. The van der Waals surface area contributed by atoms with Crippen LogP contribution in [0.3, 0.4) is 0 Å². The van der Waals surface area contributed by atoms with Crippen LogP contribution in [0, 0.1) is 6.92 Å². The highest BCUT2D eigenvalue weighted by Crippen LogP contribution is 2.31. The van der Waals surface area contributed by atoms with E-state index >= 15 is 0 Å². The first-order valence-electron chi connectivity index (χ1n) is 3.71. The van der Waals surface area contributed by atoms with Gasteiger partial charge in [0.25, 0.3) is 0 Å². The van der Waals surface area contributed by atoms with E-state index in [0.717, 1.165) is 10.4 Å². The number of ether oxygens (including phenoxy) is 1. The van der Waals surface area contributed by atoms with Gasteiger partial charge in [0.1, 0.15) is 5.00 Å². The van der Waals surface area contributed by atoms with Gasteiger partial charge in [-0.2, -0.15) is 0 Å². The van der Waals surface area contributed by atoms with Crippen LogP contribution in [-0.4, -0.2) is 13.1 Å². The largest absolute Gasteiger partial charge is 0.465 e. The van der Waals surface area contributed by atoms with Crippen molar-refractivity contribution in [3.8, 4) is 0 Å². The quantitative estimate of drug-likeness (QED) is 0.738. The van der Waals surface area contributed by atoms with Gasteiger partial charge in [-0.3, -0.25) is 0 Å². The summed E-state index contributed by atoms with van der Waals surface area (Å²) in [4.78, 5) is 12.2. The van der Waals surface area contributed by atoms with Crippen LogP contribution in [0.25, 0.3) is 6.08 Å². The average molecular weight is 197 g/mol. The van der Waals surface area contributed by atoms with Crippen molar-refractivity contribution in [2.75, 3.05) is 12.8 Å². The maximum absolute atomic E-state index is 11.3. The predicted molar refractivity (Wildman–Crippen MR) is 54.9 cm³/mol. The molecule has 2 N–H and O–H groups in total. The van der Waals surface area contributed by atoms with E-state index in [0.29, 0.717) is 10.6 Å². The monoisotopic (exact) mass is 197 g/mol. The Labute approximate surface area is 80.8 Å². The minimum atomic E-state index is -0.389. The van der Waals surface area contributed by atoms with E-state index in [4.69, 9.17) is 5.73 Å². The van der Waals surface area contributed by atoms with Crippen molar-refractivity contribution < 1.29 is 9.53 Å². The van der Waals surface area contributed by atoms with E-state index in [1.54, 1.807) is 6.08 Å². The zero-order valence-electron chi connectivity index (χ0n) is 7.59. The van der Waals surface area contributed by atoms with Crippen molar-refractivity contribution in [1.29, 1.82) is 0 Å². The minimum absolute atomic E-state index is 0.389. The van der Waals surface area contributed by atoms with Gasteiger partial charge in [-0.15, -0.1) is 11.3 Å². The summed E-state index contributed by atoms with van der Waals surface area (Å²) in [6.07, 6.45) is 1.68. The number of carbonyl (C=O) groups is 1. The van der Waals surface area contributed by atoms with Gasteiger partial charge in [0.2, 0.25) is 0 Å². The van der Waals surface area contributed by atoms with E-state index in [-0.39, 0.29) is 5.97 Å². The first-order valence-corrected chi connectivity index (χ1v) is 4.53. The SMILES string of the molecule is C=Cc1sc(N)c(C(=O)OC)c1C. The standard InChI is InChI=1S/C9H11NO2S/c1-4-6-5(2)7(8(10)13-6)9(11)12-3/h4H,1,10H2,2-3H3. The Morgan fingerprint density at radius 1 is 1.69 bits per heavy atom. The predicted octanol–water partition coefficient (Wildman–Crippen LogP) is 2.07. The molecule has 0 aliphatic heterocycles. The molecule has 0 aromatic carbocycles. The molecule has 0 bridgehead atoms. The molecule has 0 aliphatic carbocycles. The van der Waals surface area contributed by atoms with Gasteiger partial charge in [-0.25, -0.2) is 4.79 Å². The molecule has 1 heterocycles. The average Bonchev–Trinajstić information content (AvgIpc) is 2.40. The van der Waals surface area contributed by atoms with E-state index in [2.05, 4.69) is 11.3 Å². The summed E-state index contributed by atoms with van der Waals surface area (Å²) in [5, 5.41) is 0.485. The maximum Gasteiger partial charge on any atom is 0.341 e. The topological polar surface area (TPSA) is 52.3 Å². The van der Waals surface area contributed by atoms with E-state index in [1.807, 2.05) is 6.92 Å². The first-order chi connectivity index (χ1) is 6.11. The number of nitrogens with two attached hydrogens (primary N) is 1. The molecule has 0 radical (unpaired) electrons. The van der Waals surface area contributed by atoms with Gasteiger partial charge < -0.3 is 10.5 Å². The highest BCUT2D eigenvalue weighted by Gasteiger charge is 2.18. The van der Waals surface area contributed by atoms with Gasteiger partial charge >= 0.3 is 5.97 Å². The second kappa shape index (κ2) is 3.62. The lowest BCUT2D eigenvalue weighted by atomic mass is 10.1. The Kier molecular flexibility index (Phi) is 2.72. The lowest BCUT2D eigenvalue weighted by Crippen LogP contribution is -2.04. The summed E-state index contributed by atoms with van der Waals surface area (Å²) in [5.74, 6) is -0.389. The third-order valence-corrected chi connectivity index (χ3v) is 2.90. The van der Waals surface area contributed by atoms with Crippen LogP contribution >= 0.6 is 11.3 Å². The normalized spacial score (nSPS) is 9.69. The fourth-order valence-electron chi connectivity index (χ4n) is 1.10. The molecule has 70 valence electrons. The Bertz CT molecular complexity index is 355. The Morgan fingerprint density at radius 2 is 2.31 bits per heavy atom. The molecule has 0 atom stereocenters. The summed E-state index contributed by atoms with van der Waals surface area (Å²) in [6.45, 7) is 5.46. The molecule has 1 aromatic rings. The molecule has 4 heteroatoms. The van der Waals surface area contributed by atoms with Crippen LogP contribution in [0.1, 0.15) is 20.8 Å². The smallest absolute Gasteiger partial charge is 0.341 e. The number of hydrogen-bond acceptors (Lipinski definition) is 4. The van der Waals surface area contributed by atoms with Gasteiger partial charge in [-0.1, -0.05) is 12.7 Å². The first kappa shape index (κ1) is 9.80. The van der Waals surface area contributed by atoms with Crippen molar-refractivity contribution in [2.45, 2.75) is 6.92 Å². The van der Waals surface area contributed by atoms with Crippen LogP contribution in [0.5, 0.6) is 0 Å². The second-order valence-corrected chi connectivity index (χ2v) is 3.61. The maximum atomic E-state index is 11.3. The molecule has 3 nitrogen and oxygen atoms in total. The Balaban J connectivity index is 3.28. The van der Waals surface area contributed by atoms with Crippen LogP contribution in [0.2, 0.25) is 0 Å². The second-order valence-electron chi connectivity index (χ2n) is 2.53. The molecular formula is C9H11NO2S. The number of rotatable bonds is 2. The van der Waals surface area contributed by atoms with Crippen LogP contribution in [0.15, 0.2) is 6.58 Å². The number of carbonyl (C=O) groups excluding carboxylic acids is 1. The fraction of sp³-hybridized carbons (Fsp3) is 0.222. The van der Waals surface area contributed by atoms with Gasteiger partial charge in [0, 0.05) is 4.88 Å². The van der Waals surface area contributed by atoms with Crippen LogP contribution < -0.4 is 5.73 Å². The Hall–Kier alpha value is -1.29. The van der Waals surface area contributed by atoms with E-state index in [1.165, 1.54) is 18.4 Å². The molecular weight excluding hydrogens is 186 g/mol. The molecule has 0 aliphatic rings. The summed E-state index contributed by atoms with van der Waals surface area (Å²) in [5.41, 5.74) is 6.96. The van der Waals surface area contributed by atoms with Crippen molar-refractivity contribution in [3.63, 3.8) is 0 Å². The molecule has 0 spiro atoms. The summed E-state index contributed by atoms with van der Waals surface area (Å²) in [6, 6.07) is 0. The highest BCUT2D eigenvalue weighted by molar-refractivity contribution is 7.17. The third-order valence-electron chi connectivity index (χ3n) is 1.79. The number of esters is 1. The van der Waals surface area contributed by atoms with E-state index < -0.39 is 0 Å². The number of hydrogen-bond donors (Lipinski definition) is 1. The van der Waals surface area contributed by atoms with Crippen molar-refractivity contribution in [2.24, 2.45) is 0 Å². The number of nitrogen functional groups attached to an aromatic ring is 1. The lowest BCUT2D eigenvalue weighted by Gasteiger charge is -1.98. The van der Waals surface area contributed by atoms with Gasteiger partial charge in [0.15, 0.2) is 0 Å². The molecule has 0 saturated heterocycles. The van der Waals surface area contributed by atoms with Crippen molar-refractivity contribution in [1.82, 2.24) is 0 Å². The number of anilines is 1. The van der Waals surface area contributed by atoms with E-state index in [9.17, 15) is 4.79 Å². The van der Waals surface area contributed by atoms with Crippen molar-refractivity contribution >= 4 is 28.4 Å².